The second kappa shape index (κ2) is 3.29. The van der Waals surface area contributed by atoms with Crippen LogP contribution in [0.1, 0.15) is 16.2 Å². The van der Waals surface area contributed by atoms with Crippen molar-refractivity contribution < 1.29 is 14.1 Å². The maximum atomic E-state index is 11.2. The summed E-state index contributed by atoms with van der Waals surface area (Å²) in [6.45, 7) is 1.65. The first-order chi connectivity index (χ1) is 5.95. The third-order valence-corrected chi connectivity index (χ3v) is 2.87. The van der Waals surface area contributed by atoms with Crippen molar-refractivity contribution in [2.45, 2.75) is 11.8 Å². The fourth-order valence-electron chi connectivity index (χ4n) is 1.26. The molecule has 1 heterocycles. The Bertz CT molecular complexity index is 349. The van der Waals surface area contributed by atoms with Crippen molar-refractivity contribution in [3.8, 4) is 0 Å². The van der Waals surface area contributed by atoms with Crippen LogP contribution < -0.4 is 0 Å². The van der Waals surface area contributed by atoms with Crippen LogP contribution in [-0.2, 0) is 22.1 Å². The molecule has 0 saturated carbocycles. The predicted octanol–water partition coefficient (Wildman–Crippen LogP) is 0.112. The number of carboxylic acids is 1. The number of carboxylic acid groups (broad SMARTS) is 1. The molecule has 1 aromatic rings. The van der Waals surface area contributed by atoms with Crippen LogP contribution in [0.4, 0.5) is 0 Å². The average molecular weight is 203 g/mol. The number of aromatic nitrogens is 2. The third-order valence-electron chi connectivity index (χ3n) is 1.71. The van der Waals surface area contributed by atoms with Crippen LogP contribution in [0.3, 0.4) is 0 Å². The number of rotatable bonds is 2. The van der Waals surface area contributed by atoms with Gasteiger partial charge in [-0.25, -0.2) is 4.79 Å². The first-order valence-electron chi connectivity index (χ1n) is 3.63. The molecule has 0 fully saturated rings. The van der Waals surface area contributed by atoms with Gasteiger partial charge in [0.25, 0.3) is 0 Å². The van der Waals surface area contributed by atoms with Crippen LogP contribution in [0.25, 0.3) is 0 Å². The minimum atomic E-state index is -1.66. The zero-order valence-corrected chi connectivity index (χ0v) is 8.50. The molecule has 6 heteroatoms. The Morgan fingerprint density at radius 2 is 2.15 bits per heavy atom. The number of hydrogen-bond acceptors (Lipinski definition) is 3. The van der Waals surface area contributed by atoms with E-state index in [9.17, 15) is 9.00 Å². The average Bonchev–Trinajstić information content (AvgIpc) is 2.24. The molecule has 0 aliphatic carbocycles. The molecule has 0 aliphatic heterocycles. The number of carbonyl (C=O) groups is 1. The zero-order chi connectivity index (χ0) is 10.2. The van der Waals surface area contributed by atoms with Gasteiger partial charge < -0.3 is 5.11 Å². The summed E-state index contributed by atoms with van der Waals surface area (Å²) in [7, 11) is -0.136. The topological polar surface area (TPSA) is 72.2 Å². The lowest BCUT2D eigenvalue weighted by atomic mass is 10.4. The molecule has 0 aliphatic rings. The monoisotopic (exact) mass is 203 g/mol. The minimum Gasteiger partial charge on any atom is -0.476 e. The van der Waals surface area contributed by atoms with Crippen LogP contribution in [-0.4, -0.2) is 27.1 Å². The van der Waals surface area contributed by atoms with Crippen LogP contribution in [0.5, 0.6) is 0 Å². The lowest BCUT2D eigenvalue weighted by Crippen LogP contribution is -2.08. The highest BCUT2D eigenvalue weighted by Gasteiger charge is 2.26. The van der Waals surface area contributed by atoms with Gasteiger partial charge in [-0.1, -0.05) is 0 Å². The summed E-state index contributed by atoms with van der Waals surface area (Å²) in [6, 6.07) is 0. The van der Waals surface area contributed by atoms with E-state index in [0.29, 0.717) is 10.6 Å². The van der Waals surface area contributed by atoms with Crippen molar-refractivity contribution >= 4 is 16.8 Å². The molecule has 72 valence electrons. The van der Waals surface area contributed by atoms with Gasteiger partial charge in [0.2, 0.25) is 10.6 Å². The second-order valence-electron chi connectivity index (χ2n) is 2.71. The third kappa shape index (κ3) is 1.62. The summed E-state index contributed by atoms with van der Waals surface area (Å²) >= 11 is 0. The summed E-state index contributed by atoms with van der Waals surface area (Å²) in [4.78, 5) is 11.1. The Morgan fingerprint density at radius 3 is 2.46 bits per heavy atom. The molecule has 1 unspecified atom stereocenters. The SMILES string of the molecule is Cc1nn(C)c(C(=O)O)c1[SH+](C)=O. The van der Waals surface area contributed by atoms with E-state index >= 15 is 0 Å². The van der Waals surface area contributed by atoms with E-state index in [2.05, 4.69) is 5.10 Å². The normalized spacial score (nSPS) is 12.8. The highest BCUT2D eigenvalue weighted by atomic mass is 32.2. The van der Waals surface area contributed by atoms with E-state index < -0.39 is 16.8 Å². The summed E-state index contributed by atoms with van der Waals surface area (Å²) in [5, 5.41) is 12.7. The molecule has 0 aromatic carbocycles. The molecular formula is C7H11N2O3S+. The Labute approximate surface area is 77.8 Å². The molecule has 13 heavy (non-hydrogen) atoms. The Balaban J connectivity index is 3.47. The molecule has 0 radical (unpaired) electrons. The summed E-state index contributed by atoms with van der Waals surface area (Å²) < 4.78 is 12.5. The highest BCUT2D eigenvalue weighted by molar-refractivity contribution is 7.84. The predicted molar refractivity (Wildman–Crippen MR) is 48.5 cm³/mol. The van der Waals surface area contributed by atoms with Gasteiger partial charge in [0.15, 0.2) is 0 Å². The van der Waals surface area contributed by atoms with Gasteiger partial charge in [0.05, 0.1) is 0 Å². The summed E-state index contributed by atoms with van der Waals surface area (Å²) in [5.74, 6) is -1.09. The Kier molecular flexibility index (Phi) is 2.51. The van der Waals surface area contributed by atoms with Crippen LogP contribution in [0.15, 0.2) is 4.90 Å². The second-order valence-corrected chi connectivity index (χ2v) is 4.15. The number of hydrogen-bond donors (Lipinski definition) is 1. The summed E-state index contributed by atoms with van der Waals surface area (Å²) in [6.07, 6.45) is 1.48. The molecule has 0 spiro atoms. The molecule has 0 saturated heterocycles. The number of nitrogens with zero attached hydrogens (tertiary/aromatic N) is 2. The van der Waals surface area contributed by atoms with E-state index in [-0.39, 0.29) is 5.69 Å². The zero-order valence-electron chi connectivity index (χ0n) is 7.61. The van der Waals surface area contributed by atoms with E-state index in [1.807, 2.05) is 0 Å². The van der Waals surface area contributed by atoms with E-state index in [1.54, 1.807) is 6.92 Å². The van der Waals surface area contributed by atoms with Crippen molar-refractivity contribution in [2.24, 2.45) is 7.05 Å². The number of thiol groups is 1. The molecule has 5 nitrogen and oxygen atoms in total. The van der Waals surface area contributed by atoms with Crippen molar-refractivity contribution in [2.75, 3.05) is 6.26 Å². The molecule has 1 aromatic heterocycles. The van der Waals surface area contributed by atoms with Gasteiger partial charge in [-0.15, -0.1) is 4.21 Å². The first-order valence-corrected chi connectivity index (χ1v) is 5.33. The maximum Gasteiger partial charge on any atom is 0.359 e. The molecule has 1 N–H and O–H groups in total. The molecule has 1 atom stereocenters. The number of aromatic carboxylic acids is 1. The maximum absolute atomic E-state index is 11.2. The van der Waals surface area contributed by atoms with Gasteiger partial charge in [0.1, 0.15) is 22.7 Å². The molecule has 0 amide bonds. The van der Waals surface area contributed by atoms with Gasteiger partial charge in [0, 0.05) is 7.05 Å². The van der Waals surface area contributed by atoms with E-state index in [0.717, 1.165) is 0 Å². The molecule has 0 bridgehead atoms. The van der Waals surface area contributed by atoms with Crippen LogP contribution in [0, 0.1) is 6.92 Å². The van der Waals surface area contributed by atoms with Gasteiger partial charge in [-0.05, 0) is 6.92 Å². The molecule has 1 rings (SSSR count). The van der Waals surface area contributed by atoms with Gasteiger partial charge in [-0.3, -0.25) is 4.68 Å². The van der Waals surface area contributed by atoms with Gasteiger partial charge in [-0.2, -0.15) is 5.10 Å². The first kappa shape index (κ1) is 9.91. The quantitative estimate of drug-likeness (QED) is 0.547. The van der Waals surface area contributed by atoms with Crippen molar-refractivity contribution in [1.29, 1.82) is 0 Å². The van der Waals surface area contributed by atoms with Crippen molar-refractivity contribution in [3.05, 3.63) is 11.4 Å². The highest BCUT2D eigenvalue weighted by Crippen LogP contribution is 2.16. The Hall–Kier alpha value is -1.17. The smallest absolute Gasteiger partial charge is 0.359 e. The van der Waals surface area contributed by atoms with Gasteiger partial charge >= 0.3 is 5.97 Å². The fraction of sp³-hybridized carbons (Fsp3) is 0.429. The lowest BCUT2D eigenvalue weighted by molar-refractivity contribution is 0.0681. The van der Waals surface area contributed by atoms with Crippen LogP contribution >= 0.6 is 0 Å². The van der Waals surface area contributed by atoms with Crippen molar-refractivity contribution in [1.82, 2.24) is 9.78 Å². The van der Waals surface area contributed by atoms with Crippen LogP contribution in [0.2, 0.25) is 0 Å². The number of aryl methyl sites for hydroxylation is 2. The fourth-order valence-corrected chi connectivity index (χ4v) is 2.30. The Morgan fingerprint density at radius 1 is 1.62 bits per heavy atom. The van der Waals surface area contributed by atoms with E-state index in [1.165, 1.54) is 18.0 Å². The van der Waals surface area contributed by atoms with E-state index in [4.69, 9.17) is 5.11 Å². The largest absolute Gasteiger partial charge is 0.476 e. The standard InChI is InChI=1S/C7H10N2O3S/c1-4-6(13(3)12)5(7(10)11)9(2)8-4/h1-3H3,(H,10,11)/p+1. The summed E-state index contributed by atoms with van der Waals surface area (Å²) in [5.41, 5.74) is 0.532. The lowest BCUT2D eigenvalue weighted by Gasteiger charge is -1.93. The molecular weight excluding hydrogens is 192 g/mol. The minimum absolute atomic E-state index is 0.0149. The van der Waals surface area contributed by atoms with Crippen molar-refractivity contribution in [3.63, 3.8) is 0 Å².